The first-order valence-electron chi connectivity index (χ1n) is 4.13. The van der Waals surface area contributed by atoms with Crippen molar-refractivity contribution in [1.82, 2.24) is 4.90 Å². The van der Waals surface area contributed by atoms with Crippen molar-refractivity contribution in [1.29, 1.82) is 0 Å². The van der Waals surface area contributed by atoms with Crippen LogP contribution in [-0.4, -0.2) is 23.0 Å². The fourth-order valence-corrected chi connectivity index (χ4v) is 1.95. The molecule has 1 rings (SSSR count). The van der Waals surface area contributed by atoms with Gasteiger partial charge < -0.3 is 5.73 Å². The van der Waals surface area contributed by atoms with Crippen LogP contribution in [0.25, 0.3) is 0 Å². The fraction of sp³-hybridized carbons (Fsp3) is 0.444. The Morgan fingerprint density at radius 1 is 1.77 bits per heavy atom. The summed E-state index contributed by atoms with van der Waals surface area (Å²) in [5, 5.41) is 2.08. The normalized spacial score (nSPS) is 13.2. The van der Waals surface area contributed by atoms with Crippen LogP contribution in [0.15, 0.2) is 17.5 Å². The summed E-state index contributed by atoms with van der Waals surface area (Å²) in [6, 6.07) is 4.34. The summed E-state index contributed by atoms with van der Waals surface area (Å²) >= 11 is 6.68. The van der Waals surface area contributed by atoms with Gasteiger partial charge in [0, 0.05) is 11.4 Å². The number of nitrogens with zero attached hydrogens (tertiary/aromatic N) is 1. The first kappa shape index (κ1) is 10.6. The molecule has 0 bridgehead atoms. The molecule has 2 nitrogen and oxygen atoms in total. The topological polar surface area (TPSA) is 29.3 Å². The minimum Gasteiger partial charge on any atom is -0.392 e. The Bertz CT molecular complexity index is 269. The van der Waals surface area contributed by atoms with Crippen molar-refractivity contribution in [2.45, 2.75) is 19.5 Å². The van der Waals surface area contributed by atoms with Crippen LogP contribution in [-0.2, 0) is 6.54 Å². The summed E-state index contributed by atoms with van der Waals surface area (Å²) in [6.07, 6.45) is 0. The SMILES string of the molecule is CC(C(N)=S)N(C)Cc1cccs1. The molecule has 4 heteroatoms. The van der Waals surface area contributed by atoms with E-state index in [1.807, 2.05) is 14.0 Å². The zero-order valence-electron chi connectivity index (χ0n) is 7.86. The van der Waals surface area contributed by atoms with E-state index in [-0.39, 0.29) is 6.04 Å². The Balaban J connectivity index is 2.50. The lowest BCUT2D eigenvalue weighted by atomic mass is 10.3. The second kappa shape index (κ2) is 4.69. The molecule has 1 atom stereocenters. The predicted octanol–water partition coefficient (Wildman–Crippen LogP) is 1.85. The monoisotopic (exact) mass is 214 g/mol. The molecule has 1 aromatic heterocycles. The lowest BCUT2D eigenvalue weighted by Crippen LogP contribution is -2.38. The van der Waals surface area contributed by atoms with Crippen LogP contribution in [0.2, 0.25) is 0 Å². The van der Waals surface area contributed by atoms with Crippen LogP contribution in [0.1, 0.15) is 11.8 Å². The van der Waals surface area contributed by atoms with Gasteiger partial charge in [0.15, 0.2) is 0 Å². The zero-order valence-corrected chi connectivity index (χ0v) is 9.49. The Morgan fingerprint density at radius 3 is 2.92 bits per heavy atom. The smallest absolute Gasteiger partial charge is 0.0899 e. The highest BCUT2D eigenvalue weighted by molar-refractivity contribution is 7.80. The Labute approximate surface area is 88.4 Å². The largest absolute Gasteiger partial charge is 0.392 e. The third-order valence-corrected chi connectivity index (χ3v) is 3.26. The van der Waals surface area contributed by atoms with Gasteiger partial charge in [-0.3, -0.25) is 4.90 Å². The maximum absolute atomic E-state index is 5.56. The van der Waals surface area contributed by atoms with Crippen LogP contribution < -0.4 is 5.73 Å². The molecule has 0 saturated heterocycles. The summed E-state index contributed by atoms with van der Waals surface area (Å²) in [5.41, 5.74) is 5.56. The van der Waals surface area contributed by atoms with Crippen LogP contribution >= 0.6 is 23.6 Å². The molecule has 0 aliphatic heterocycles. The molecule has 0 amide bonds. The van der Waals surface area contributed by atoms with Gasteiger partial charge in [0.25, 0.3) is 0 Å². The molecule has 0 radical (unpaired) electrons. The van der Waals surface area contributed by atoms with Crippen molar-refractivity contribution in [3.8, 4) is 0 Å². The highest BCUT2D eigenvalue weighted by Crippen LogP contribution is 2.12. The predicted molar refractivity (Wildman–Crippen MR) is 62.0 cm³/mol. The van der Waals surface area contributed by atoms with Gasteiger partial charge in [-0.1, -0.05) is 18.3 Å². The van der Waals surface area contributed by atoms with Gasteiger partial charge in [-0.05, 0) is 25.4 Å². The van der Waals surface area contributed by atoms with Crippen molar-refractivity contribution in [3.05, 3.63) is 22.4 Å². The summed E-state index contributed by atoms with van der Waals surface area (Å²) in [7, 11) is 2.03. The molecule has 0 aliphatic rings. The van der Waals surface area contributed by atoms with Gasteiger partial charge in [0.2, 0.25) is 0 Å². The van der Waals surface area contributed by atoms with Crippen LogP contribution in [0, 0.1) is 0 Å². The van der Waals surface area contributed by atoms with Crippen molar-refractivity contribution in [3.63, 3.8) is 0 Å². The average molecular weight is 214 g/mol. The van der Waals surface area contributed by atoms with E-state index in [1.54, 1.807) is 11.3 Å². The van der Waals surface area contributed by atoms with Crippen molar-refractivity contribution in [2.75, 3.05) is 7.05 Å². The fourth-order valence-electron chi connectivity index (χ4n) is 1.00. The number of rotatable bonds is 4. The van der Waals surface area contributed by atoms with Gasteiger partial charge in [0.1, 0.15) is 0 Å². The van der Waals surface area contributed by atoms with E-state index >= 15 is 0 Å². The number of nitrogens with two attached hydrogens (primary N) is 1. The molecule has 13 heavy (non-hydrogen) atoms. The first-order valence-corrected chi connectivity index (χ1v) is 5.42. The molecule has 0 aliphatic carbocycles. The van der Waals surface area contributed by atoms with Crippen molar-refractivity contribution >= 4 is 28.5 Å². The molecule has 0 fully saturated rings. The third kappa shape index (κ3) is 3.06. The van der Waals surface area contributed by atoms with E-state index in [0.717, 1.165) is 6.54 Å². The number of thiocarbonyl (C=S) groups is 1. The Hall–Kier alpha value is -0.450. The van der Waals surface area contributed by atoms with Crippen molar-refractivity contribution < 1.29 is 0 Å². The Kier molecular flexibility index (Phi) is 3.84. The van der Waals surface area contributed by atoms with E-state index in [9.17, 15) is 0 Å². The van der Waals surface area contributed by atoms with Gasteiger partial charge in [-0.2, -0.15) is 0 Å². The minimum atomic E-state index is 0.164. The zero-order chi connectivity index (χ0) is 9.84. The summed E-state index contributed by atoms with van der Waals surface area (Å²) in [4.78, 5) is 4.04. The molecule has 1 unspecified atom stereocenters. The molecule has 0 aromatic carbocycles. The average Bonchev–Trinajstić information content (AvgIpc) is 2.55. The number of hydrogen-bond acceptors (Lipinski definition) is 3. The highest BCUT2D eigenvalue weighted by atomic mass is 32.1. The lowest BCUT2D eigenvalue weighted by Gasteiger charge is -2.22. The van der Waals surface area contributed by atoms with E-state index in [0.29, 0.717) is 4.99 Å². The minimum absolute atomic E-state index is 0.164. The number of hydrogen-bond donors (Lipinski definition) is 1. The molecule has 0 spiro atoms. The molecule has 72 valence electrons. The Morgan fingerprint density at radius 2 is 2.46 bits per heavy atom. The van der Waals surface area contributed by atoms with E-state index in [1.165, 1.54) is 4.88 Å². The first-order chi connectivity index (χ1) is 6.11. The summed E-state index contributed by atoms with van der Waals surface area (Å²) in [5.74, 6) is 0. The van der Waals surface area contributed by atoms with Gasteiger partial charge >= 0.3 is 0 Å². The van der Waals surface area contributed by atoms with Gasteiger partial charge in [-0.25, -0.2) is 0 Å². The highest BCUT2D eigenvalue weighted by Gasteiger charge is 2.11. The molecule has 1 aromatic rings. The van der Waals surface area contributed by atoms with Crippen LogP contribution in [0.4, 0.5) is 0 Å². The maximum Gasteiger partial charge on any atom is 0.0899 e. The van der Waals surface area contributed by atoms with Crippen molar-refractivity contribution in [2.24, 2.45) is 5.73 Å². The quantitative estimate of drug-likeness (QED) is 0.776. The molecule has 0 saturated carbocycles. The van der Waals surface area contributed by atoms with Crippen LogP contribution in [0.3, 0.4) is 0 Å². The number of likely N-dealkylation sites (N-methyl/N-ethyl adjacent to an activating group) is 1. The van der Waals surface area contributed by atoms with Gasteiger partial charge in [0.05, 0.1) is 11.0 Å². The standard InChI is InChI=1S/C9H14N2S2/c1-7(9(10)12)11(2)6-8-4-3-5-13-8/h3-5,7H,6H2,1-2H3,(H2,10,12). The number of thiophene rings is 1. The summed E-state index contributed by atoms with van der Waals surface area (Å²) in [6.45, 7) is 2.94. The van der Waals surface area contributed by atoms with E-state index in [2.05, 4.69) is 22.4 Å². The third-order valence-electron chi connectivity index (χ3n) is 2.06. The van der Waals surface area contributed by atoms with Gasteiger partial charge in [-0.15, -0.1) is 11.3 Å². The second-order valence-electron chi connectivity index (χ2n) is 3.07. The molecule has 1 heterocycles. The second-order valence-corrected chi connectivity index (χ2v) is 4.58. The molecule has 2 N–H and O–H groups in total. The van der Waals surface area contributed by atoms with E-state index < -0.39 is 0 Å². The van der Waals surface area contributed by atoms with Crippen LogP contribution in [0.5, 0.6) is 0 Å². The lowest BCUT2D eigenvalue weighted by molar-refractivity contribution is 0.307. The maximum atomic E-state index is 5.56. The molecular weight excluding hydrogens is 200 g/mol. The summed E-state index contributed by atoms with van der Waals surface area (Å²) < 4.78 is 0. The molecular formula is C9H14N2S2. The van der Waals surface area contributed by atoms with E-state index in [4.69, 9.17) is 18.0 Å².